The highest BCUT2D eigenvalue weighted by Crippen LogP contribution is 2.31. The Labute approximate surface area is 105 Å². The summed E-state index contributed by atoms with van der Waals surface area (Å²) < 4.78 is 1.21. The van der Waals surface area contributed by atoms with Crippen molar-refractivity contribution in [3.05, 3.63) is 41.8 Å². The van der Waals surface area contributed by atoms with Gasteiger partial charge in [0.05, 0.1) is 2.88 Å². The molecule has 2 aromatic rings. The van der Waals surface area contributed by atoms with E-state index in [9.17, 15) is 5.11 Å². The maximum Gasteiger partial charge on any atom is 0.114 e. The summed E-state index contributed by atoms with van der Waals surface area (Å²) in [6.07, 6.45) is -0.449. The predicted molar refractivity (Wildman–Crippen MR) is 70.2 cm³/mol. The van der Waals surface area contributed by atoms with Gasteiger partial charge in [-0.2, -0.15) is 0 Å². The Morgan fingerprint density at radius 3 is 2.71 bits per heavy atom. The summed E-state index contributed by atoms with van der Waals surface area (Å²) in [6, 6.07) is 4.08. The molecule has 14 heavy (non-hydrogen) atoms. The number of halogens is 1. The lowest BCUT2D eigenvalue weighted by atomic mass is 10.1. The van der Waals surface area contributed by atoms with Gasteiger partial charge in [-0.1, -0.05) is 0 Å². The van der Waals surface area contributed by atoms with Gasteiger partial charge in [0.2, 0.25) is 0 Å². The molecule has 0 saturated carbocycles. The summed E-state index contributed by atoms with van der Waals surface area (Å²) in [7, 11) is 0. The molecule has 0 aliphatic heterocycles. The van der Waals surface area contributed by atoms with E-state index in [0.29, 0.717) is 0 Å². The number of hydrogen-bond donors (Lipinski definition) is 1. The van der Waals surface area contributed by atoms with Crippen molar-refractivity contribution in [3.63, 3.8) is 0 Å². The molecule has 0 aliphatic carbocycles. The molecule has 0 saturated heterocycles. The molecule has 0 aromatic carbocycles. The van der Waals surface area contributed by atoms with Gasteiger partial charge in [0.1, 0.15) is 6.10 Å². The second-order valence-electron chi connectivity index (χ2n) is 3.05. The number of aryl methyl sites for hydroxylation is 1. The van der Waals surface area contributed by atoms with Crippen LogP contribution in [0.2, 0.25) is 0 Å². The molecule has 0 amide bonds. The molecule has 2 heterocycles. The third kappa shape index (κ3) is 2.03. The van der Waals surface area contributed by atoms with Crippen molar-refractivity contribution in [1.29, 1.82) is 0 Å². The molecule has 4 heteroatoms. The maximum atomic E-state index is 10.1. The second-order valence-corrected chi connectivity index (χ2v) is 6.81. The molecule has 2 aromatic heterocycles. The van der Waals surface area contributed by atoms with E-state index in [1.54, 1.807) is 22.7 Å². The first-order chi connectivity index (χ1) is 6.68. The Balaban J connectivity index is 2.33. The minimum atomic E-state index is -0.449. The Bertz CT molecular complexity index is 433. The van der Waals surface area contributed by atoms with Crippen LogP contribution in [0.3, 0.4) is 0 Å². The van der Waals surface area contributed by atoms with Crippen molar-refractivity contribution in [2.45, 2.75) is 13.0 Å². The fraction of sp³-hybridized carbons (Fsp3) is 0.200. The lowest BCUT2D eigenvalue weighted by Crippen LogP contribution is -1.96. The van der Waals surface area contributed by atoms with E-state index in [0.717, 1.165) is 10.4 Å². The van der Waals surface area contributed by atoms with Gasteiger partial charge in [0, 0.05) is 4.88 Å². The third-order valence-corrected chi connectivity index (χ3v) is 4.93. The number of thiophene rings is 2. The minimum absolute atomic E-state index is 0.449. The van der Waals surface area contributed by atoms with Crippen molar-refractivity contribution in [2.24, 2.45) is 0 Å². The van der Waals surface area contributed by atoms with Crippen LogP contribution in [-0.4, -0.2) is 5.11 Å². The normalized spacial score (nSPS) is 13.1. The average molecular weight is 336 g/mol. The summed E-state index contributed by atoms with van der Waals surface area (Å²) in [4.78, 5) is 1.05. The van der Waals surface area contributed by atoms with Gasteiger partial charge >= 0.3 is 0 Å². The molecule has 2 rings (SSSR count). The van der Waals surface area contributed by atoms with Crippen LogP contribution in [0.15, 0.2) is 22.9 Å². The van der Waals surface area contributed by atoms with Crippen LogP contribution in [0.4, 0.5) is 0 Å². The highest BCUT2D eigenvalue weighted by atomic mass is 127. The van der Waals surface area contributed by atoms with Crippen molar-refractivity contribution in [1.82, 2.24) is 0 Å². The molecule has 0 fully saturated rings. The van der Waals surface area contributed by atoms with Crippen molar-refractivity contribution < 1.29 is 5.11 Å². The number of aliphatic hydroxyl groups excluding tert-OH is 1. The topological polar surface area (TPSA) is 20.2 Å². The van der Waals surface area contributed by atoms with Gasteiger partial charge < -0.3 is 5.11 Å². The fourth-order valence-corrected chi connectivity index (χ4v) is 3.61. The van der Waals surface area contributed by atoms with Crippen molar-refractivity contribution in [2.75, 3.05) is 0 Å². The number of rotatable bonds is 2. The lowest BCUT2D eigenvalue weighted by molar-refractivity contribution is 0.224. The van der Waals surface area contributed by atoms with Crippen molar-refractivity contribution in [3.8, 4) is 0 Å². The fourth-order valence-electron chi connectivity index (χ4n) is 1.28. The standard InChI is InChI=1S/C10H9IOS2/c1-6-2-3-13-10(6)9(12)7-4-8(11)14-5-7/h2-5,9,12H,1H3. The summed E-state index contributed by atoms with van der Waals surface area (Å²) in [5.74, 6) is 0. The zero-order valence-electron chi connectivity index (χ0n) is 7.53. The molecule has 0 bridgehead atoms. The number of hydrogen-bond acceptors (Lipinski definition) is 3. The Hall–Kier alpha value is 0.0900. The van der Waals surface area contributed by atoms with Gasteiger partial charge in [-0.15, -0.1) is 22.7 Å². The van der Waals surface area contributed by atoms with Crippen molar-refractivity contribution >= 4 is 45.3 Å². The molecular weight excluding hydrogens is 327 g/mol. The first-order valence-corrected chi connectivity index (χ1v) is 6.98. The first-order valence-electron chi connectivity index (χ1n) is 4.14. The Morgan fingerprint density at radius 2 is 2.21 bits per heavy atom. The summed E-state index contributed by atoms with van der Waals surface area (Å²) in [5, 5.41) is 14.1. The van der Waals surface area contributed by atoms with Gasteiger partial charge in [-0.25, -0.2) is 0 Å². The second kappa shape index (κ2) is 4.30. The molecule has 0 aliphatic rings. The summed E-state index contributed by atoms with van der Waals surface area (Å²) >= 11 is 5.55. The predicted octanol–water partition coefficient (Wildman–Crippen LogP) is 3.80. The highest BCUT2D eigenvalue weighted by Gasteiger charge is 2.15. The van der Waals surface area contributed by atoms with Gasteiger partial charge in [0.25, 0.3) is 0 Å². The maximum absolute atomic E-state index is 10.1. The van der Waals surface area contributed by atoms with Crippen LogP contribution in [0, 0.1) is 9.81 Å². The zero-order chi connectivity index (χ0) is 10.1. The molecule has 1 unspecified atom stereocenters. The SMILES string of the molecule is Cc1ccsc1C(O)c1csc(I)c1. The largest absolute Gasteiger partial charge is 0.383 e. The van der Waals surface area contributed by atoms with Crippen LogP contribution < -0.4 is 0 Å². The zero-order valence-corrected chi connectivity index (χ0v) is 11.3. The molecular formula is C10H9IOS2. The minimum Gasteiger partial charge on any atom is -0.383 e. The monoisotopic (exact) mass is 336 g/mol. The van der Waals surface area contributed by atoms with E-state index in [2.05, 4.69) is 22.6 Å². The summed E-state index contributed by atoms with van der Waals surface area (Å²) in [6.45, 7) is 2.03. The quantitative estimate of drug-likeness (QED) is 0.827. The Kier molecular flexibility index (Phi) is 3.26. The van der Waals surface area contributed by atoms with Crippen LogP contribution in [-0.2, 0) is 0 Å². The molecule has 1 nitrogen and oxygen atoms in total. The van der Waals surface area contributed by atoms with Gasteiger partial charge in [-0.05, 0) is 63.5 Å². The van der Waals surface area contributed by atoms with Crippen LogP contribution >= 0.6 is 45.3 Å². The number of aliphatic hydroxyl groups is 1. The molecule has 1 N–H and O–H groups in total. The van der Waals surface area contributed by atoms with E-state index in [4.69, 9.17) is 0 Å². The average Bonchev–Trinajstić information content (AvgIpc) is 2.73. The van der Waals surface area contributed by atoms with Gasteiger partial charge in [0.15, 0.2) is 0 Å². The van der Waals surface area contributed by atoms with Crippen LogP contribution in [0.25, 0.3) is 0 Å². The van der Waals surface area contributed by atoms with E-state index in [1.807, 2.05) is 29.8 Å². The lowest BCUT2D eigenvalue weighted by Gasteiger charge is -2.07. The van der Waals surface area contributed by atoms with Crippen LogP contribution in [0.5, 0.6) is 0 Å². The van der Waals surface area contributed by atoms with E-state index in [-0.39, 0.29) is 0 Å². The molecule has 74 valence electrons. The first kappa shape index (κ1) is 10.6. The van der Waals surface area contributed by atoms with Gasteiger partial charge in [-0.3, -0.25) is 0 Å². The highest BCUT2D eigenvalue weighted by molar-refractivity contribution is 14.1. The molecule has 0 spiro atoms. The van der Waals surface area contributed by atoms with Crippen LogP contribution in [0.1, 0.15) is 22.1 Å². The Morgan fingerprint density at radius 1 is 1.43 bits per heavy atom. The molecule has 1 atom stereocenters. The smallest absolute Gasteiger partial charge is 0.114 e. The van der Waals surface area contributed by atoms with E-state index >= 15 is 0 Å². The van der Waals surface area contributed by atoms with E-state index in [1.165, 1.54) is 8.45 Å². The third-order valence-electron chi connectivity index (χ3n) is 2.05. The van der Waals surface area contributed by atoms with E-state index < -0.39 is 6.10 Å². The summed E-state index contributed by atoms with van der Waals surface area (Å²) in [5.41, 5.74) is 2.17. The molecule has 0 radical (unpaired) electrons.